The highest BCUT2D eigenvalue weighted by atomic mass is 32.2. The van der Waals surface area contributed by atoms with Crippen LogP contribution >= 0.6 is 11.9 Å². The van der Waals surface area contributed by atoms with Crippen LogP contribution in [0.15, 0.2) is 23.1 Å². The molecule has 0 radical (unpaired) electrons. The Labute approximate surface area is 183 Å². The monoisotopic (exact) mass is 424 g/mol. The quantitative estimate of drug-likeness (QED) is 0.470. The van der Waals surface area contributed by atoms with Crippen LogP contribution in [0.2, 0.25) is 0 Å². The van der Waals surface area contributed by atoms with Crippen LogP contribution in [0.3, 0.4) is 0 Å². The second-order valence-electron chi connectivity index (χ2n) is 9.55. The standard InChI is InChI=1S/C25H32N2O2S/c1-16-23(30-26)14-22(27(16)15-18-6-4-3-5-7-18)19-12-20(17(2)28)24-21(13-19)25(8-9-25)10-11-29-24/h12-14,18H,3-11,15,26H2,1-2H3. The molecule has 2 saturated carbocycles. The van der Waals surface area contributed by atoms with Gasteiger partial charge < -0.3 is 9.30 Å². The number of hydrogen-bond acceptors (Lipinski definition) is 4. The summed E-state index contributed by atoms with van der Waals surface area (Å²) in [5.74, 6) is 1.65. The zero-order valence-corrected chi connectivity index (χ0v) is 18.9. The molecule has 1 aromatic heterocycles. The lowest BCUT2D eigenvalue weighted by Crippen LogP contribution is -2.22. The number of rotatable bonds is 5. The van der Waals surface area contributed by atoms with Gasteiger partial charge in [0.25, 0.3) is 0 Å². The summed E-state index contributed by atoms with van der Waals surface area (Å²) >= 11 is 1.33. The molecule has 1 aromatic carbocycles. The lowest BCUT2D eigenvalue weighted by Gasteiger charge is -2.29. The Morgan fingerprint density at radius 1 is 1.20 bits per heavy atom. The minimum absolute atomic E-state index is 0.0846. The van der Waals surface area contributed by atoms with E-state index in [2.05, 4.69) is 29.7 Å². The number of hydrogen-bond donors (Lipinski definition) is 1. The van der Waals surface area contributed by atoms with Gasteiger partial charge in [0.05, 0.1) is 12.2 Å². The van der Waals surface area contributed by atoms with Crippen molar-refractivity contribution in [2.24, 2.45) is 11.1 Å². The SMILES string of the molecule is CC(=O)c1cc(-c2cc(SN)c(C)n2CC2CCCCC2)cc2c1OCCC21CC1. The van der Waals surface area contributed by atoms with Gasteiger partial charge in [-0.25, -0.2) is 0 Å². The maximum Gasteiger partial charge on any atom is 0.163 e. The first-order valence-electron chi connectivity index (χ1n) is 11.4. The maximum absolute atomic E-state index is 12.6. The summed E-state index contributed by atoms with van der Waals surface area (Å²) in [5, 5.41) is 6.02. The van der Waals surface area contributed by atoms with Gasteiger partial charge in [-0.1, -0.05) is 19.3 Å². The van der Waals surface area contributed by atoms with Crippen molar-refractivity contribution in [3.8, 4) is 17.0 Å². The molecule has 2 fully saturated rings. The van der Waals surface area contributed by atoms with E-state index < -0.39 is 0 Å². The normalized spacial score (nSPS) is 20.1. The van der Waals surface area contributed by atoms with E-state index >= 15 is 0 Å². The molecular formula is C25H32N2O2S. The minimum Gasteiger partial charge on any atom is -0.492 e. The maximum atomic E-state index is 12.6. The topological polar surface area (TPSA) is 57.2 Å². The van der Waals surface area contributed by atoms with Crippen molar-refractivity contribution in [3.63, 3.8) is 0 Å². The number of fused-ring (bicyclic) bond motifs is 2. The summed E-state index contributed by atoms with van der Waals surface area (Å²) in [5.41, 5.74) is 5.78. The van der Waals surface area contributed by atoms with Crippen LogP contribution < -0.4 is 9.88 Å². The Morgan fingerprint density at radius 3 is 2.63 bits per heavy atom. The van der Waals surface area contributed by atoms with E-state index in [0.29, 0.717) is 0 Å². The average molecular weight is 425 g/mol. The van der Waals surface area contributed by atoms with Crippen LogP contribution in [0.25, 0.3) is 11.3 Å². The lowest BCUT2D eigenvalue weighted by atomic mass is 9.85. The van der Waals surface area contributed by atoms with Crippen LogP contribution in [0.4, 0.5) is 0 Å². The van der Waals surface area contributed by atoms with E-state index in [1.165, 1.54) is 73.8 Å². The second kappa shape index (κ2) is 7.76. The summed E-state index contributed by atoms with van der Waals surface area (Å²) in [6.07, 6.45) is 10.1. The second-order valence-corrected chi connectivity index (χ2v) is 10.2. The molecule has 2 heterocycles. The van der Waals surface area contributed by atoms with Crippen molar-refractivity contribution in [1.82, 2.24) is 4.57 Å². The molecule has 2 aliphatic carbocycles. The largest absolute Gasteiger partial charge is 0.492 e. The summed E-state index contributed by atoms with van der Waals surface area (Å²) in [6.45, 7) is 5.59. The number of ketones is 1. The van der Waals surface area contributed by atoms with Gasteiger partial charge in [-0.15, -0.1) is 0 Å². The van der Waals surface area contributed by atoms with E-state index in [4.69, 9.17) is 9.88 Å². The third-order valence-corrected chi connectivity index (χ3v) is 8.30. The minimum atomic E-state index is 0.0846. The molecule has 0 bridgehead atoms. The van der Waals surface area contributed by atoms with E-state index in [1.807, 2.05) is 0 Å². The molecule has 4 nitrogen and oxygen atoms in total. The number of ether oxygens (including phenoxy) is 1. The number of nitrogens with two attached hydrogens (primary N) is 1. The average Bonchev–Trinajstić information content (AvgIpc) is 3.46. The molecule has 0 amide bonds. The van der Waals surface area contributed by atoms with Crippen LogP contribution in [-0.4, -0.2) is 17.0 Å². The van der Waals surface area contributed by atoms with E-state index in [0.717, 1.165) is 47.3 Å². The first-order valence-corrected chi connectivity index (χ1v) is 12.3. The molecule has 1 aliphatic heterocycles. The first kappa shape index (κ1) is 20.2. The molecular weight excluding hydrogens is 392 g/mol. The molecule has 2 N–H and O–H groups in total. The van der Waals surface area contributed by atoms with Gasteiger partial charge in [0, 0.05) is 33.8 Å². The molecule has 5 heteroatoms. The Balaban J connectivity index is 1.63. The predicted octanol–water partition coefficient (Wildman–Crippen LogP) is 6.03. The fourth-order valence-electron chi connectivity index (χ4n) is 5.58. The molecule has 3 aliphatic rings. The van der Waals surface area contributed by atoms with Crippen molar-refractivity contribution < 1.29 is 9.53 Å². The van der Waals surface area contributed by atoms with Crippen molar-refractivity contribution in [2.45, 2.75) is 82.1 Å². The fraction of sp³-hybridized carbons (Fsp3) is 0.560. The van der Waals surface area contributed by atoms with E-state index in [9.17, 15) is 4.79 Å². The molecule has 0 saturated heterocycles. The molecule has 5 rings (SSSR count). The smallest absolute Gasteiger partial charge is 0.163 e. The molecule has 160 valence electrons. The van der Waals surface area contributed by atoms with Crippen molar-refractivity contribution in [2.75, 3.05) is 6.61 Å². The molecule has 30 heavy (non-hydrogen) atoms. The summed E-state index contributed by atoms with van der Waals surface area (Å²) in [4.78, 5) is 13.7. The van der Waals surface area contributed by atoms with Crippen LogP contribution in [-0.2, 0) is 12.0 Å². The Bertz CT molecular complexity index is 984. The van der Waals surface area contributed by atoms with Gasteiger partial charge in [0.2, 0.25) is 0 Å². The molecule has 2 aromatic rings. The number of carbonyl (C=O) groups excluding carboxylic acids is 1. The number of aromatic nitrogens is 1. The number of Topliss-reactive ketones (excluding diaryl/α,β-unsaturated/α-hetero) is 1. The number of nitrogens with zero attached hydrogens (tertiary/aromatic N) is 1. The predicted molar refractivity (Wildman–Crippen MR) is 122 cm³/mol. The Morgan fingerprint density at radius 2 is 1.97 bits per heavy atom. The first-order chi connectivity index (χ1) is 14.5. The van der Waals surface area contributed by atoms with Crippen LogP contribution in [0.1, 0.15) is 79.9 Å². The number of benzene rings is 1. The van der Waals surface area contributed by atoms with Gasteiger partial charge >= 0.3 is 0 Å². The van der Waals surface area contributed by atoms with Gasteiger partial charge in [-0.3, -0.25) is 9.93 Å². The Hall–Kier alpha value is -1.72. The van der Waals surface area contributed by atoms with Gasteiger partial charge in [0.1, 0.15) is 5.75 Å². The van der Waals surface area contributed by atoms with Gasteiger partial charge in [-0.2, -0.15) is 0 Å². The molecule has 0 atom stereocenters. The molecule has 0 unspecified atom stereocenters. The zero-order valence-electron chi connectivity index (χ0n) is 18.1. The third-order valence-electron chi connectivity index (χ3n) is 7.63. The summed E-state index contributed by atoms with van der Waals surface area (Å²) < 4.78 is 8.49. The highest BCUT2D eigenvalue weighted by Crippen LogP contribution is 2.57. The summed E-state index contributed by atoms with van der Waals surface area (Å²) in [7, 11) is 0. The highest BCUT2D eigenvalue weighted by molar-refractivity contribution is 7.97. The van der Waals surface area contributed by atoms with Crippen molar-refractivity contribution in [3.05, 3.63) is 35.0 Å². The van der Waals surface area contributed by atoms with Crippen molar-refractivity contribution >= 4 is 17.7 Å². The zero-order chi connectivity index (χ0) is 20.9. The Kier molecular flexibility index (Phi) is 5.22. The lowest BCUT2D eigenvalue weighted by molar-refractivity contribution is 0.101. The van der Waals surface area contributed by atoms with E-state index in [-0.39, 0.29) is 11.2 Å². The summed E-state index contributed by atoms with van der Waals surface area (Å²) in [6, 6.07) is 6.59. The fourth-order valence-corrected chi connectivity index (χ4v) is 6.04. The van der Waals surface area contributed by atoms with Crippen molar-refractivity contribution in [1.29, 1.82) is 0 Å². The van der Waals surface area contributed by atoms with Gasteiger partial charge in [0.15, 0.2) is 5.78 Å². The van der Waals surface area contributed by atoms with Crippen LogP contribution in [0, 0.1) is 12.8 Å². The highest BCUT2D eigenvalue weighted by Gasteiger charge is 2.48. The van der Waals surface area contributed by atoms with Crippen LogP contribution in [0.5, 0.6) is 5.75 Å². The van der Waals surface area contributed by atoms with E-state index in [1.54, 1.807) is 6.92 Å². The molecule has 1 spiro atoms. The van der Waals surface area contributed by atoms with Gasteiger partial charge in [-0.05, 0) is 87.6 Å². The third kappa shape index (κ3) is 3.40. The number of carbonyl (C=O) groups is 1.